The summed E-state index contributed by atoms with van der Waals surface area (Å²) < 4.78 is 12.4. The third-order valence-electron chi connectivity index (χ3n) is 4.35. The minimum atomic E-state index is -0.0348. The van der Waals surface area contributed by atoms with E-state index in [-0.39, 0.29) is 12.0 Å². The molecular weight excluding hydrogens is 270 g/mol. The minimum absolute atomic E-state index is 0.0348. The van der Waals surface area contributed by atoms with E-state index >= 15 is 0 Å². The summed E-state index contributed by atoms with van der Waals surface area (Å²) >= 11 is 0. The summed E-state index contributed by atoms with van der Waals surface area (Å²) in [5, 5.41) is 9.83. The number of nitrogens with zero attached hydrogens (tertiary/aromatic N) is 3. The van der Waals surface area contributed by atoms with E-state index in [1.807, 2.05) is 17.0 Å². The van der Waals surface area contributed by atoms with Crippen LogP contribution < -0.4 is 0 Å². The van der Waals surface area contributed by atoms with Crippen molar-refractivity contribution in [3.63, 3.8) is 0 Å². The Kier molecular flexibility index (Phi) is 6.17. The highest BCUT2D eigenvalue weighted by Gasteiger charge is 2.34. The second-order valence-corrected chi connectivity index (χ2v) is 5.95. The third-order valence-corrected chi connectivity index (χ3v) is 4.35. The average Bonchev–Trinajstić information content (AvgIpc) is 2.93. The molecule has 21 heavy (non-hydrogen) atoms. The lowest BCUT2D eigenvalue weighted by Crippen LogP contribution is -2.45. The van der Waals surface area contributed by atoms with Crippen LogP contribution in [0.25, 0.3) is 0 Å². The first-order valence-corrected chi connectivity index (χ1v) is 7.54. The highest BCUT2D eigenvalue weighted by atomic mass is 16.5. The normalized spacial score (nSPS) is 23.6. The number of ether oxygens (including phenoxy) is 2. The molecule has 0 radical (unpaired) electrons. The lowest BCUT2D eigenvalue weighted by molar-refractivity contribution is 0.00296. The van der Waals surface area contributed by atoms with E-state index in [9.17, 15) is 5.11 Å². The van der Waals surface area contributed by atoms with E-state index in [1.165, 1.54) is 0 Å². The van der Waals surface area contributed by atoms with Crippen molar-refractivity contribution in [1.82, 2.24) is 14.5 Å². The number of likely N-dealkylation sites (tertiary alicyclic amines) is 1. The molecule has 0 spiro atoms. The van der Waals surface area contributed by atoms with Gasteiger partial charge in [-0.15, -0.1) is 0 Å². The van der Waals surface area contributed by atoms with Gasteiger partial charge in [-0.2, -0.15) is 0 Å². The Labute approximate surface area is 126 Å². The van der Waals surface area contributed by atoms with Gasteiger partial charge in [0.25, 0.3) is 0 Å². The van der Waals surface area contributed by atoms with Crippen LogP contribution in [0, 0.1) is 5.41 Å². The Bertz CT molecular complexity index is 424. The standard InChI is InChI=1S/C15H27N3O3/c1-20-9-5-15(12-19)4-3-7-17(11-15)10-14-16-6-8-18(14)13-21-2/h6,8,19H,3-5,7,9-13H2,1-2H3. The fourth-order valence-electron chi connectivity index (χ4n) is 3.12. The number of piperidine rings is 1. The molecule has 1 N–H and O–H groups in total. The zero-order chi connectivity index (χ0) is 15.1. The lowest BCUT2D eigenvalue weighted by atomic mass is 9.78. The van der Waals surface area contributed by atoms with Crippen LogP contribution in [0.4, 0.5) is 0 Å². The van der Waals surface area contributed by atoms with E-state index in [0.29, 0.717) is 13.3 Å². The zero-order valence-corrected chi connectivity index (χ0v) is 13.1. The molecule has 1 aromatic heterocycles. The van der Waals surface area contributed by atoms with Gasteiger partial charge in [0.2, 0.25) is 0 Å². The summed E-state index contributed by atoms with van der Waals surface area (Å²) in [7, 11) is 3.40. The third kappa shape index (κ3) is 4.26. The topological polar surface area (TPSA) is 59.8 Å². The molecule has 1 unspecified atom stereocenters. The molecule has 1 fully saturated rings. The van der Waals surface area contributed by atoms with Crippen LogP contribution in [-0.4, -0.2) is 60.1 Å². The number of aromatic nitrogens is 2. The van der Waals surface area contributed by atoms with E-state index in [0.717, 1.165) is 44.7 Å². The van der Waals surface area contributed by atoms with Crippen molar-refractivity contribution in [3.05, 3.63) is 18.2 Å². The quantitative estimate of drug-likeness (QED) is 0.778. The van der Waals surface area contributed by atoms with Gasteiger partial charge in [0.05, 0.1) is 13.2 Å². The van der Waals surface area contributed by atoms with E-state index in [4.69, 9.17) is 9.47 Å². The highest BCUT2D eigenvalue weighted by Crippen LogP contribution is 2.33. The fourth-order valence-corrected chi connectivity index (χ4v) is 3.12. The Balaban J connectivity index is 1.98. The molecule has 6 nitrogen and oxygen atoms in total. The number of aliphatic hydroxyl groups excluding tert-OH is 1. The van der Waals surface area contributed by atoms with Gasteiger partial charge in [0, 0.05) is 45.2 Å². The van der Waals surface area contributed by atoms with Crippen molar-refractivity contribution in [1.29, 1.82) is 0 Å². The Morgan fingerprint density at radius 2 is 2.24 bits per heavy atom. The number of hydrogen-bond acceptors (Lipinski definition) is 5. The van der Waals surface area contributed by atoms with Crippen LogP contribution in [0.15, 0.2) is 12.4 Å². The Hall–Kier alpha value is -0.950. The maximum atomic E-state index is 9.83. The molecule has 120 valence electrons. The molecule has 0 amide bonds. The maximum absolute atomic E-state index is 9.83. The largest absolute Gasteiger partial charge is 0.396 e. The van der Waals surface area contributed by atoms with Crippen molar-refractivity contribution >= 4 is 0 Å². The molecule has 1 aliphatic rings. The first-order chi connectivity index (χ1) is 10.2. The molecule has 2 rings (SSSR count). The van der Waals surface area contributed by atoms with Gasteiger partial charge in [-0.05, 0) is 25.8 Å². The summed E-state index contributed by atoms with van der Waals surface area (Å²) in [5.74, 6) is 1.01. The van der Waals surface area contributed by atoms with Crippen LogP contribution in [0.2, 0.25) is 0 Å². The predicted molar refractivity (Wildman–Crippen MR) is 79.8 cm³/mol. The monoisotopic (exact) mass is 297 g/mol. The first-order valence-electron chi connectivity index (χ1n) is 7.54. The molecule has 1 aliphatic heterocycles. The first kappa shape index (κ1) is 16.4. The molecule has 0 aliphatic carbocycles. The summed E-state index contributed by atoms with van der Waals surface area (Å²) in [6.45, 7) is 4.19. The van der Waals surface area contributed by atoms with Crippen molar-refractivity contribution in [2.24, 2.45) is 5.41 Å². The number of rotatable bonds is 8. The number of aliphatic hydroxyl groups is 1. The van der Waals surface area contributed by atoms with Crippen LogP contribution in [-0.2, 0) is 22.7 Å². The molecule has 1 aromatic rings. The van der Waals surface area contributed by atoms with Gasteiger partial charge in [-0.1, -0.05) is 0 Å². The molecule has 0 aromatic carbocycles. The van der Waals surface area contributed by atoms with E-state index in [2.05, 4.69) is 9.88 Å². The average molecular weight is 297 g/mol. The van der Waals surface area contributed by atoms with Crippen LogP contribution in [0.5, 0.6) is 0 Å². The highest BCUT2D eigenvalue weighted by molar-refractivity contribution is 4.94. The molecule has 0 bridgehead atoms. The van der Waals surface area contributed by atoms with E-state index < -0.39 is 0 Å². The van der Waals surface area contributed by atoms with Crippen molar-refractivity contribution in [2.75, 3.05) is 40.5 Å². The number of methoxy groups -OCH3 is 2. The second kappa shape index (κ2) is 7.89. The molecule has 2 heterocycles. The predicted octanol–water partition coefficient (Wildman–Crippen LogP) is 1.10. The van der Waals surface area contributed by atoms with Crippen molar-refractivity contribution in [2.45, 2.75) is 32.5 Å². The van der Waals surface area contributed by atoms with Crippen molar-refractivity contribution < 1.29 is 14.6 Å². The van der Waals surface area contributed by atoms with Gasteiger partial charge in [0.15, 0.2) is 0 Å². The molecule has 6 heteroatoms. The Morgan fingerprint density at radius 3 is 2.95 bits per heavy atom. The Morgan fingerprint density at radius 1 is 1.38 bits per heavy atom. The van der Waals surface area contributed by atoms with Crippen LogP contribution in [0.1, 0.15) is 25.1 Å². The molecule has 0 saturated carbocycles. The van der Waals surface area contributed by atoms with Gasteiger partial charge < -0.3 is 19.1 Å². The van der Waals surface area contributed by atoms with Gasteiger partial charge in [0.1, 0.15) is 12.6 Å². The van der Waals surface area contributed by atoms with Gasteiger partial charge in [-0.3, -0.25) is 4.90 Å². The number of imidazole rings is 1. The minimum Gasteiger partial charge on any atom is -0.396 e. The lowest BCUT2D eigenvalue weighted by Gasteiger charge is -2.41. The smallest absolute Gasteiger partial charge is 0.124 e. The van der Waals surface area contributed by atoms with Gasteiger partial charge in [-0.25, -0.2) is 4.98 Å². The summed E-state index contributed by atoms with van der Waals surface area (Å²) in [6, 6.07) is 0. The van der Waals surface area contributed by atoms with Crippen molar-refractivity contribution in [3.8, 4) is 0 Å². The SMILES string of the molecule is COCCC1(CO)CCCN(Cc2nccn2COC)C1. The summed E-state index contributed by atoms with van der Waals surface area (Å²) in [5.41, 5.74) is -0.0348. The van der Waals surface area contributed by atoms with Crippen LogP contribution in [0.3, 0.4) is 0 Å². The summed E-state index contributed by atoms with van der Waals surface area (Å²) in [6.07, 6.45) is 6.82. The second-order valence-electron chi connectivity index (χ2n) is 5.95. The fraction of sp³-hybridized carbons (Fsp3) is 0.800. The maximum Gasteiger partial charge on any atom is 0.124 e. The summed E-state index contributed by atoms with van der Waals surface area (Å²) in [4.78, 5) is 6.80. The van der Waals surface area contributed by atoms with Crippen LogP contribution >= 0.6 is 0 Å². The zero-order valence-electron chi connectivity index (χ0n) is 13.1. The number of hydrogen-bond donors (Lipinski definition) is 1. The molecular formula is C15H27N3O3. The molecule has 1 atom stereocenters. The molecule has 1 saturated heterocycles. The van der Waals surface area contributed by atoms with Gasteiger partial charge >= 0.3 is 0 Å². The van der Waals surface area contributed by atoms with E-state index in [1.54, 1.807) is 14.2 Å².